The van der Waals surface area contributed by atoms with Crippen molar-refractivity contribution in [3.63, 3.8) is 0 Å². The van der Waals surface area contributed by atoms with Gasteiger partial charge in [0.15, 0.2) is 0 Å². The van der Waals surface area contributed by atoms with E-state index >= 15 is 0 Å². The molecule has 18 heavy (non-hydrogen) atoms. The molecule has 1 N–H and O–H groups in total. The second-order valence-corrected chi connectivity index (χ2v) is 6.50. The van der Waals surface area contributed by atoms with Gasteiger partial charge in [0, 0.05) is 5.38 Å². The van der Waals surface area contributed by atoms with Gasteiger partial charge in [-0.2, -0.15) is 0 Å². The molecule has 106 valence electrons. The lowest BCUT2D eigenvalue weighted by Gasteiger charge is -2.14. The molecule has 0 aliphatic heterocycles. The first kappa shape index (κ1) is 15.8. The molecule has 0 bridgehead atoms. The van der Waals surface area contributed by atoms with E-state index in [1.54, 1.807) is 0 Å². The first-order chi connectivity index (χ1) is 8.59. The van der Waals surface area contributed by atoms with Crippen LogP contribution in [0.4, 0.5) is 0 Å². The minimum Gasteiger partial charge on any atom is -0.481 e. The Bertz CT molecular complexity index is 243. The van der Waals surface area contributed by atoms with Crippen LogP contribution in [0.5, 0.6) is 0 Å². The highest BCUT2D eigenvalue weighted by atomic mass is 35.5. The smallest absolute Gasteiger partial charge is 0.306 e. The zero-order valence-electron chi connectivity index (χ0n) is 11.5. The molecule has 0 aromatic heterocycles. The van der Waals surface area contributed by atoms with Crippen molar-refractivity contribution in [1.29, 1.82) is 0 Å². The lowest BCUT2D eigenvalue weighted by Crippen LogP contribution is -2.15. The number of hydrogen-bond acceptors (Lipinski definition) is 1. The Balaban J connectivity index is 2.45. The molecule has 2 nitrogen and oxygen atoms in total. The molecule has 0 amide bonds. The van der Waals surface area contributed by atoms with Crippen molar-refractivity contribution in [2.45, 2.75) is 76.5 Å². The highest BCUT2D eigenvalue weighted by Crippen LogP contribution is 2.25. The van der Waals surface area contributed by atoms with E-state index in [9.17, 15) is 9.90 Å². The number of rotatable bonds is 1. The van der Waals surface area contributed by atoms with Crippen LogP contribution in [0.25, 0.3) is 0 Å². The summed E-state index contributed by atoms with van der Waals surface area (Å²) in [7, 11) is 0. The second-order valence-electron chi connectivity index (χ2n) is 5.88. The summed E-state index contributed by atoms with van der Waals surface area (Å²) in [6.45, 7) is 2.31. The van der Waals surface area contributed by atoms with Crippen LogP contribution in [0.2, 0.25) is 0 Å². The summed E-state index contributed by atoms with van der Waals surface area (Å²) in [6, 6.07) is 0. The Hall–Kier alpha value is -0.240. The van der Waals surface area contributed by atoms with Crippen LogP contribution in [-0.2, 0) is 4.79 Å². The van der Waals surface area contributed by atoms with Crippen LogP contribution in [0, 0.1) is 11.8 Å². The topological polar surface area (TPSA) is 37.3 Å². The summed E-state index contributed by atoms with van der Waals surface area (Å²) in [6.07, 6.45) is 10.7. The van der Waals surface area contributed by atoms with Crippen molar-refractivity contribution in [1.82, 2.24) is 0 Å². The molecule has 0 spiro atoms. The Morgan fingerprint density at radius 3 is 2.11 bits per heavy atom. The van der Waals surface area contributed by atoms with E-state index in [1.807, 2.05) is 0 Å². The van der Waals surface area contributed by atoms with E-state index in [4.69, 9.17) is 11.6 Å². The predicted molar refractivity (Wildman–Crippen MR) is 76.1 cm³/mol. The van der Waals surface area contributed by atoms with Crippen LogP contribution in [0.1, 0.15) is 71.1 Å². The van der Waals surface area contributed by atoms with Gasteiger partial charge in [-0.3, -0.25) is 4.79 Å². The lowest BCUT2D eigenvalue weighted by molar-refractivity contribution is -0.142. The minimum absolute atomic E-state index is 0.169. The van der Waals surface area contributed by atoms with E-state index < -0.39 is 5.97 Å². The average molecular weight is 275 g/mol. The van der Waals surface area contributed by atoms with Crippen molar-refractivity contribution in [2.75, 3.05) is 0 Å². The van der Waals surface area contributed by atoms with Gasteiger partial charge in [0.05, 0.1) is 5.92 Å². The SMILES string of the molecule is CC1CCCCC(Cl)CCC(C(=O)O)CCCC1. The van der Waals surface area contributed by atoms with Crippen molar-refractivity contribution in [2.24, 2.45) is 11.8 Å². The third-order valence-electron chi connectivity index (χ3n) is 4.14. The van der Waals surface area contributed by atoms with Crippen LogP contribution < -0.4 is 0 Å². The molecular formula is C15H27ClO2. The molecule has 1 aliphatic carbocycles. The van der Waals surface area contributed by atoms with Crippen molar-refractivity contribution < 1.29 is 9.90 Å². The molecule has 1 saturated carbocycles. The standard InChI is InChI=1S/C15H27ClO2/c1-12-6-2-4-8-13(15(17)18)10-11-14(16)9-5-3-7-12/h12-14H,2-11H2,1H3,(H,17,18). The summed E-state index contributed by atoms with van der Waals surface area (Å²) >= 11 is 6.27. The van der Waals surface area contributed by atoms with E-state index in [0.29, 0.717) is 0 Å². The molecule has 1 rings (SSSR count). The number of carbonyl (C=O) groups is 1. The third-order valence-corrected chi connectivity index (χ3v) is 4.58. The lowest BCUT2D eigenvalue weighted by atomic mass is 9.93. The summed E-state index contributed by atoms with van der Waals surface area (Å²) in [5.41, 5.74) is 0. The number of halogens is 1. The van der Waals surface area contributed by atoms with Gasteiger partial charge in [-0.05, 0) is 31.6 Å². The highest BCUT2D eigenvalue weighted by Gasteiger charge is 2.19. The number of carboxylic acids is 1. The predicted octanol–water partition coefficient (Wildman–Crippen LogP) is 4.85. The van der Waals surface area contributed by atoms with Crippen LogP contribution in [-0.4, -0.2) is 16.5 Å². The maximum atomic E-state index is 11.2. The normalized spacial score (nSPS) is 32.9. The number of alkyl halides is 1. The Morgan fingerprint density at radius 2 is 1.50 bits per heavy atom. The summed E-state index contributed by atoms with van der Waals surface area (Å²) in [4.78, 5) is 11.2. The number of aliphatic carboxylic acids is 1. The van der Waals surface area contributed by atoms with E-state index in [0.717, 1.165) is 38.0 Å². The van der Waals surface area contributed by atoms with Gasteiger partial charge in [-0.25, -0.2) is 0 Å². The Labute approximate surface area is 116 Å². The van der Waals surface area contributed by atoms with Gasteiger partial charge in [0.2, 0.25) is 0 Å². The third kappa shape index (κ3) is 6.63. The largest absolute Gasteiger partial charge is 0.481 e. The summed E-state index contributed by atoms with van der Waals surface area (Å²) in [5, 5.41) is 9.36. The van der Waals surface area contributed by atoms with E-state index in [-0.39, 0.29) is 11.3 Å². The van der Waals surface area contributed by atoms with Gasteiger partial charge >= 0.3 is 5.97 Å². The molecule has 3 atom stereocenters. The fourth-order valence-corrected chi connectivity index (χ4v) is 3.08. The zero-order valence-corrected chi connectivity index (χ0v) is 12.3. The number of hydrogen-bond donors (Lipinski definition) is 1. The summed E-state index contributed by atoms with van der Waals surface area (Å²) in [5.74, 6) is -0.0353. The Kier molecular flexibility index (Phi) is 7.73. The van der Waals surface area contributed by atoms with Crippen molar-refractivity contribution >= 4 is 17.6 Å². The average Bonchev–Trinajstić information content (AvgIpc) is 2.33. The van der Waals surface area contributed by atoms with Gasteiger partial charge < -0.3 is 5.11 Å². The maximum absolute atomic E-state index is 11.2. The molecular weight excluding hydrogens is 248 g/mol. The van der Waals surface area contributed by atoms with Gasteiger partial charge in [0.1, 0.15) is 0 Å². The quantitative estimate of drug-likeness (QED) is 0.694. The molecule has 0 saturated heterocycles. The highest BCUT2D eigenvalue weighted by molar-refractivity contribution is 6.20. The second kappa shape index (κ2) is 8.79. The molecule has 0 aromatic rings. The molecule has 0 aromatic carbocycles. The van der Waals surface area contributed by atoms with Crippen molar-refractivity contribution in [3.05, 3.63) is 0 Å². The number of carboxylic acid groups (broad SMARTS) is 1. The monoisotopic (exact) mass is 274 g/mol. The van der Waals surface area contributed by atoms with Gasteiger partial charge in [-0.1, -0.05) is 45.4 Å². The van der Waals surface area contributed by atoms with E-state index in [2.05, 4.69) is 6.92 Å². The fraction of sp³-hybridized carbons (Fsp3) is 0.933. The first-order valence-corrected chi connectivity index (χ1v) is 7.90. The molecule has 0 heterocycles. The van der Waals surface area contributed by atoms with E-state index in [1.165, 1.54) is 32.1 Å². The van der Waals surface area contributed by atoms with Gasteiger partial charge in [0.25, 0.3) is 0 Å². The molecule has 3 heteroatoms. The van der Waals surface area contributed by atoms with Crippen LogP contribution >= 0.6 is 11.6 Å². The molecule has 1 fully saturated rings. The van der Waals surface area contributed by atoms with Gasteiger partial charge in [-0.15, -0.1) is 11.6 Å². The van der Waals surface area contributed by atoms with Crippen LogP contribution in [0.3, 0.4) is 0 Å². The van der Waals surface area contributed by atoms with Crippen LogP contribution in [0.15, 0.2) is 0 Å². The minimum atomic E-state index is -0.637. The summed E-state index contributed by atoms with van der Waals surface area (Å²) < 4.78 is 0. The fourth-order valence-electron chi connectivity index (χ4n) is 2.80. The zero-order chi connectivity index (χ0) is 13.4. The molecule has 3 unspecified atom stereocenters. The molecule has 1 aliphatic rings. The molecule has 0 radical (unpaired) electrons. The maximum Gasteiger partial charge on any atom is 0.306 e. The first-order valence-electron chi connectivity index (χ1n) is 7.46. The Morgan fingerprint density at radius 1 is 0.944 bits per heavy atom. The van der Waals surface area contributed by atoms with Crippen molar-refractivity contribution in [3.8, 4) is 0 Å².